The van der Waals surface area contributed by atoms with Crippen molar-refractivity contribution in [3.63, 3.8) is 0 Å². The minimum Gasteiger partial charge on any atom is -0.508 e. The molecule has 0 heterocycles. The van der Waals surface area contributed by atoms with Crippen LogP contribution in [0.15, 0.2) is 18.2 Å². The van der Waals surface area contributed by atoms with Crippen LogP contribution in [0.2, 0.25) is 0 Å². The molecule has 0 aliphatic heterocycles. The Kier molecular flexibility index (Phi) is 3.73. The van der Waals surface area contributed by atoms with Gasteiger partial charge in [-0.25, -0.2) is 5.11 Å². The van der Waals surface area contributed by atoms with E-state index < -0.39 is 0 Å². The number of aryl methyl sites for hydroxylation is 1. The van der Waals surface area contributed by atoms with Crippen LogP contribution in [0.3, 0.4) is 0 Å². The van der Waals surface area contributed by atoms with Crippen molar-refractivity contribution in [1.29, 1.82) is 0 Å². The molecular formula is C10H13O3. The van der Waals surface area contributed by atoms with Crippen LogP contribution in [0.4, 0.5) is 0 Å². The lowest BCUT2D eigenvalue weighted by Gasteiger charge is -2.04. The monoisotopic (exact) mass is 181 g/mol. The van der Waals surface area contributed by atoms with Gasteiger partial charge in [-0.05, 0) is 30.0 Å². The van der Waals surface area contributed by atoms with Gasteiger partial charge in [0.05, 0.1) is 0 Å². The van der Waals surface area contributed by atoms with Gasteiger partial charge in [-0.15, -0.1) is 0 Å². The summed E-state index contributed by atoms with van der Waals surface area (Å²) in [6.45, 7) is -0.198. The van der Waals surface area contributed by atoms with Gasteiger partial charge in [0, 0.05) is 6.61 Å². The number of aromatic hydroxyl groups is 1. The zero-order chi connectivity index (χ0) is 9.68. The quantitative estimate of drug-likeness (QED) is 0.734. The second kappa shape index (κ2) is 4.84. The average molecular weight is 181 g/mol. The molecule has 0 amide bonds. The molecule has 0 saturated heterocycles. The van der Waals surface area contributed by atoms with E-state index >= 15 is 0 Å². The molecule has 3 nitrogen and oxygen atoms in total. The molecule has 2 N–H and O–H groups in total. The first kappa shape index (κ1) is 10.0. The molecule has 13 heavy (non-hydrogen) atoms. The molecule has 0 saturated carbocycles. The van der Waals surface area contributed by atoms with Crippen LogP contribution >= 0.6 is 0 Å². The molecule has 0 spiro atoms. The Morgan fingerprint density at radius 1 is 1.31 bits per heavy atom. The fourth-order valence-corrected chi connectivity index (χ4v) is 1.18. The second-order valence-corrected chi connectivity index (χ2v) is 2.93. The van der Waals surface area contributed by atoms with Crippen molar-refractivity contribution in [3.8, 4) is 5.75 Å². The number of benzene rings is 1. The number of hydrogen-bond donors (Lipinski definition) is 2. The molecule has 0 fully saturated rings. The Hall–Kier alpha value is -1.06. The van der Waals surface area contributed by atoms with E-state index in [0.29, 0.717) is 18.4 Å². The van der Waals surface area contributed by atoms with Gasteiger partial charge in [0.25, 0.3) is 0 Å². The van der Waals surface area contributed by atoms with Crippen molar-refractivity contribution in [2.24, 2.45) is 0 Å². The van der Waals surface area contributed by atoms with Gasteiger partial charge in [-0.2, -0.15) is 0 Å². The number of phenolic OH excluding ortho intramolecular Hbond substituents is 1. The van der Waals surface area contributed by atoms with E-state index in [1.165, 1.54) is 6.07 Å². The SMILES string of the molecule is [O]Cc1ccc(CCCO)c(O)c1. The van der Waals surface area contributed by atoms with Gasteiger partial charge in [-0.3, -0.25) is 0 Å². The Morgan fingerprint density at radius 2 is 2.08 bits per heavy atom. The molecule has 1 radical (unpaired) electrons. The summed E-state index contributed by atoms with van der Waals surface area (Å²) in [5.74, 6) is 0.154. The molecule has 0 aliphatic carbocycles. The largest absolute Gasteiger partial charge is 0.508 e. The smallest absolute Gasteiger partial charge is 0.119 e. The fraction of sp³-hybridized carbons (Fsp3) is 0.400. The maximum absolute atomic E-state index is 10.5. The number of rotatable bonds is 4. The maximum atomic E-state index is 10.5. The predicted molar refractivity (Wildman–Crippen MR) is 47.9 cm³/mol. The van der Waals surface area contributed by atoms with Crippen molar-refractivity contribution < 1.29 is 15.3 Å². The molecule has 1 rings (SSSR count). The Morgan fingerprint density at radius 3 is 2.62 bits per heavy atom. The maximum Gasteiger partial charge on any atom is 0.119 e. The summed E-state index contributed by atoms with van der Waals surface area (Å²) in [6.07, 6.45) is 1.27. The molecular weight excluding hydrogens is 168 g/mol. The summed E-state index contributed by atoms with van der Waals surface area (Å²) in [6, 6.07) is 4.93. The van der Waals surface area contributed by atoms with Crippen LogP contribution in [0.25, 0.3) is 0 Å². The molecule has 0 aromatic heterocycles. The molecule has 0 atom stereocenters. The lowest BCUT2D eigenvalue weighted by molar-refractivity contribution is 0.177. The Bertz CT molecular complexity index is 271. The molecule has 1 aromatic rings. The third-order valence-electron chi connectivity index (χ3n) is 1.92. The number of aliphatic hydroxyl groups excluding tert-OH is 1. The van der Waals surface area contributed by atoms with E-state index in [9.17, 15) is 10.2 Å². The van der Waals surface area contributed by atoms with Crippen LogP contribution in [-0.4, -0.2) is 16.8 Å². The summed E-state index contributed by atoms with van der Waals surface area (Å²) in [4.78, 5) is 0. The highest BCUT2D eigenvalue weighted by molar-refractivity contribution is 5.36. The van der Waals surface area contributed by atoms with E-state index in [1.54, 1.807) is 12.1 Å². The zero-order valence-electron chi connectivity index (χ0n) is 7.36. The van der Waals surface area contributed by atoms with Gasteiger partial charge < -0.3 is 10.2 Å². The van der Waals surface area contributed by atoms with Crippen molar-refractivity contribution >= 4 is 0 Å². The normalized spacial score (nSPS) is 10.3. The standard InChI is InChI=1S/C10H13O3/c11-5-1-2-9-4-3-8(7-12)6-10(9)13/h3-4,6,11,13H,1-2,5,7H2. The van der Waals surface area contributed by atoms with Crippen molar-refractivity contribution in [2.45, 2.75) is 19.4 Å². The third-order valence-corrected chi connectivity index (χ3v) is 1.92. The summed E-state index contributed by atoms with van der Waals surface area (Å²) < 4.78 is 0. The van der Waals surface area contributed by atoms with Crippen LogP contribution in [-0.2, 0) is 18.1 Å². The van der Waals surface area contributed by atoms with Gasteiger partial charge >= 0.3 is 0 Å². The molecule has 0 bridgehead atoms. The first-order valence-electron chi connectivity index (χ1n) is 4.27. The number of hydrogen-bond acceptors (Lipinski definition) is 2. The average Bonchev–Trinajstić information content (AvgIpc) is 2.16. The van der Waals surface area contributed by atoms with Crippen LogP contribution < -0.4 is 0 Å². The topological polar surface area (TPSA) is 60.4 Å². The highest BCUT2D eigenvalue weighted by atomic mass is 16.3. The number of phenols is 1. The molecule has 71 valence electrons. The fourth-order valence-electron chi connectivity index (χ4n) is 1.18. The highest BCUT2D eigenvalue weighted by Crippen LogP contribution is 2.20. The Balaban J connectivity index is 2.73. The minimum absolute atomic E-state index is 0.114. The number of aliphatic hydroxyl groups is 1. The van der Waals surface area contributed by atoms with Gasteiger partial charge in [0.15, 0.2) is 0 Å². The first-order chi connectivity index (χ1) is 6.27. The summed E-state index contributed by atoms with van der Waals surface area (Å²) in [7, 11) is 0. The zero-order valence-corrected chi connectivity index (χ0v) is 7.36. The third kappa shape index (κ3) is 2.72. The van der Waals surface area contributed by atoms with E-state index in [4.69, 9.17) is 5.11 Å². The first-order valence-corrected chi connectivity index (χ1v) is 4.27. The van der Waals surface area contributed by atoms with E-state index in [2.05, 4.69) is 0 Å². The molecule has 1 aromatic carbocycles. The minimum atomic E-state index is -0.312. The second-order valence-electron chi connectivity index (χ2n) is 2.93. The molecule has 0 unspecified atom stereocenters. The van der Waals surface area contributed by atoms with E-state index in [0.717, 1.165) is 5.56 Å². The van der Waals surface area contributed by atoms with Gasteiger partial charge in [0.1, 0.15) is 12.4 Å². The predicted octanol–water partition coefficient (Wildman–Crippen LogP) is 1.25. The van der Waals surface area contributed by atoms with Gasteiger partial charge in [0.2, 0.25) is 0 Å². The van der Waals surface area contributed by atoms with E-state index in [-0.39, 0.29) is 19.0 Å². The summed E-state index contributed by atoms with van der Waals surface area (Å²) in [5.41, 5.74) is 1.37. The van der Waals surface area contributed by atoms with E-state index in [1.807, 2.05) is 0 Å². The van der Waals surface area contributed by atoms with Crippen molar-refractivity contribution in [3.05, 3.63) is 29.3 Å². The summed E-state index contributed by atoms with van der Waals surface area (Å²) in [5, 5.41) is 28.5. The van der Waals surface area contributed by atoms with Crippen LogP contribution in [0.1, 0.15) is 17.5 Å². The molecule has 0 aliphatic rings. The van der Waals surface area contributed by atoms with Crippen LogP contribution in [0.5, 0.6) is 5.75 Å². The van der Waals surface area contributed by atoms with Gasteiger partial charge in [-0.1, -0.05) is 12.1 Å². The van der Waals surface area contributed by atoms with Crippen LogP contribution in [0, 0.1) is 0 Å². The lowest BCUT2D eigenvalue weighted by atomic mass is 10.1. The highest BCUT2D eigenvalue weighted by Gasteiger charge is 2.01. The van der Waals surface area contributed by atoms with Crippen molar-refractivity contribution in [1.82, 2.24) is 0 Å². The lowest BCUT2D eigenvalue weighted by Crippen LogP contribution is -1.91. The van der Waals surface area contributed by atoms with Crippen molar-refractivity contribution in [2.75, 3.05) is 6.61 Å². The summed E-state index contributed by atoms with van der Waals surface area (Å²) >= 11 is 0. The Labute approximate surface area is 77.3 Å². The molecule has 3 heteroatoms.